The van der Waals surface area contributed by atoms with E-state index < -0.39 is 35.6 Å². The summed E-state index contributed by atoms with van der Waals surface area (Å²) < 4.78 is 66.4. The smallest absolute Gasteiger partial charge is 0.318 e. The number of alkyl halides is 5. The van der Waals surface area contributed by atoms with E-state index in [9.17, 15) is 26.7 Å². The number of rotatable bonds is 4. The number of anilines is 1. The number of nitrogens with zero attached hydrogens (tertiary/aromatic N) is 3. The quantitative estimate of drug-likeness (QED) is 0.712. The number of nitrogens with one attached hydrogen (secondary N) is 1. The minimum atomic E-state index is -4.71. The molecule has 0 aliphatic heterocycles. The monoisotopic (exact) mass is 402 g/mol. The van der Waals surface area contributed by atoms with Crippen molar-refractivity contribution < 1.29 is 26.7 Å². The first-order valence-corrected chi connectivity index (χ1v) is 8.88. The second kappa shape index (κ2) is 7.84. The van der Waals surface area contributed by atoms with E-state index in [1.165, 1.54) is 10.9 Å². The van der Waals surface area contributed by atoms with Gasteiger partial charge in [-0.1, -0.05) is 13.0 Å². The summed E-state index contributed by atoms with van der Waals surface area (Å²) in [6.07, 6.45) is -2.87. The van der Waals surface area contributed by atoms with Crippen LogP contribution in [0.2, 0.25) is 0 Å². The third-order valence-electron chi connectivity index (χ3n) is 4.85. The van der Waals surface area contributed by atoms with Crippen LogP contribution < -0.4 is 5.32 Å². The van der Waals surface area contributed by atoms with Crippen LogP contribution in [0.4, 0.5) is 27.6 Å². The highest BCUT2D eigenvalue weighted by Crippen LogP contribution is 2.34. The first kappa shape index (κ1) is 20.2. The molecule has 2 aromatic heterocycles. The van der Waals surface area contributed by atoms with E-state index in [-0.39, 0.29) is 11.7 Å². The lowest BCUT2D eigenvalue weighted by Gasteiger charge is -2.26. The van der Waals surface area contributed by atoms with E-state index in [0.717, 1.165) is 43.9 Å². The first-order chi connectivity index (χ1) is 13.1. The average molecular weight is 402 g/mol. The Hall–Kier alpha value is -2.52. The molecule has 1 N–H and O–H groups in total. The maximum atomic E-state index is 13.4. The van der Waals surface area contributed by atoms with Crippen LogP contribution in [-0.2, 0) is 6.18 Å². The maximum Gasteiger partial charge on any atom is 0.433 e. The lowest BCUT2D eigenvalue weighted by Crippen LogP contribution is -2.18. The molecule has 0 aromatic carbocycles. The van der Waals surface area contributed by atoms with Crippen LogP contribution in [0.3, 0.4) is 0 Å². The zero-order valence-electron chi connectivity index (χ0n) is 15.0. The highest BCUT2D eigenvalue weighted by molar-refractivity contribution is 6.03. The van der Waals surface area contributed by atoms with Gasteiger partial charge >= 0.3 is 6.18 Å². The average Bonchev–Trinajstić information content (AvgIpc) is 3.06. The molecule has 1 fully saturated rings. The SMILES string of the molecule is C[C@H]1CC[C@@H](n2cc(NC(=O)c3cccc(C(F)(F)F)n3)c(C(F)F)n2)CC1. The van der Waals surface area contributed by atoms with Crippen molar-refractivity contribution >= 4 is 11.6 Å². The zero-order chi connectivity index (χ0) is 20.5. The van der Waals surface area contributed by atoms with Crippen LogP contribution in [-0.4, -0.2) is 20.7 Å². The van der Waals surface area contributed by atoms with Gasteiger partial charge in [0.15, 0.2) is 5.69 Å². The largest absolute Gasteiger partial charge is 0.433 e. The number of amides is 1. The van der Waals surface area contributed by atoms with Gasteiger partial charge in [-0.25, -0.2) is 13.8 Å². The van der Waals surface area contributed by atoms with Crippen molar-refractivity contribution in [3.8, 4) is 0 Å². The Morgan fingerprint density at radius 3 is 2.50 bits per heavy atom. The van der Waals surface area contributed by atoms with Crippen LogP contribution in [0, 0.1) is 5.92 Å². The van der Waals surface area contributed by atoms with Gasteiger partial charge < -0.3 is 5.32 Å². The second-order valence-corrected chi connectivity index (χ2v) is 6.98. The molecule has 0 unspecified atom stereocenters. The van der Waals surface area contributed by atoms with Gasteiger partial charge in [-0.2, -0.15) is 18.3 Å². The van der Waals surface area contributed by atoms with Crippen molar-refractivity contribution in [2.24, 2.45) is 5.92 Å². The third kappa shape index (κ3) is 4.48. The molecule has 5 nitrogen and oxygen atoms in total. The fourth-order valence-electron chi connectivity index (χ4n) is 3.26. The fraction of sp³-hybridized carbons (Fsp3) is 0.500. The Bertz CT molecular complexity index is 841. The van der Waals surface area contributed by atoms with Gasteiger partial charge in [-0.05, 0) is 43.7 Å². The van der Waals surface area contributed by atoms with Gasteiger partial charge in [0.05, 0.1) is 11.7 Å². The number of hydrogen-bond acceptors (Lipinski definition) is 3. The number of aromatic nitrogens is 3. The fourth-order valence-corrected chi connectivity index (χ4v) is 3.26. The van der Waals surface area contributed by atoms with Crippen molar-refractivity contribution in [2.45, 2.75) is 51.3 Å². The normalized spacial score (nSPS) is 20.4. The summed E-state index contributed by atoms with van der Waals surface area (Å²) in [4.78, 5) is 15.5. The molecule has 0 atom stereocenters. The molecule has 0 radical (unpaired) electrons. The first-order valence-electron chi connectivity index (χ1n) is 8.88. The highest BCUT2D eigenvalue weighted by atomic mass is 19.4. The molecule has 2 heterocycles. The summed E-state index contributed by atoms with van der Waals surface area (Å²) in [7, 11) is 0. The molecule has 3 rings (SSSR count). The Balaban J connectivity index is 1.82. The van der Waals surface area contributed by atoms with Crippen molar-refractivity contribution in [1.82, 2.24) is 14.8 Å². The number of hydrogen-bond donors (Lipinski definition) is 1. The molecule has 1 saturated carbocycles. The van der Waals surface area contributed by atoms with E-state index in [1.54, 1.807) is 0 Å². The Kier molecular flexibility index (Phi) is 5.66. The molecule has 28 heavy (non-hydrogen) atoms. The number of halogens is 5. The minimum absolute atomic E-state index is 0.0500. The minimum Gasteiger partial charge on any atom is -0.318 e. The number of carbonyl (C=O) groups excluding carboxylic acids is 1. The van der Waals surface area contributed by atoms with E-state index in [4.69, 9.17) is 0 Å². The van der Waals surface area contributed by atoms with Crippen molar-refractivity contribution in [3.05, 3.63) is 41.5 Å². The molecule has 10 heteroatoms. The van der Waals surface area contributed by atoms with Gasteiger partial charge in [0.2, 0.25) is 0 Å². The standard InChI is InChI=1S/C18H19F5N4O/c1-10-5-7-11(8-6-10)27-9-13(15(26-27)16(19)20)25-17(28)12-3-2-4-14(24-12)18(21,22)23/h2-4,9-11,16H,5-8H2,1H3,(H,25,28)/t10-,11+. The summed E-state index contributed by atoms with van der Waals surface area (Å²) in [5.74, 6) is -0.447. The molecule has 0 saturated heterocycles. The van der Waals surface area contributed by atoms with Gasteiger partial charge in [0.1, 0.15) is 11.4 Å². The van der Waals surface area contributed by atoms with Crippen molar-refractivity contribution in [3.63, 3.8) is 0 Å². The molecule has 152 valence electrons. The van der Waals surface area contributed by atoms with Gasteiger partial charge in [0, 0.05) is 6.20 Å². The van der Waals surface area contributed by atoms with Crippen molar-refractivity contribution in [2.75, 3.05) is 5.32 Å². The number of carbonyl (C=O) groups is 1. The van der Waals surface area contributed by atoms with Crippen LogP contribution in [0.25, 0.3) is 0 Å². The lowest BCUT2D eigenvalue weighted by atomic mass is 9.87. The van der Waals surface area contributed by atoms with Crippen molar-refractivity contribution in [1.29, 1.82) is 0 Å². The van der Waals surface area contributed by atoms with Gasteiger partial charge in [-0.15, -0.1) is 0 Å². The zero-order valence-corrected chi connectivity index (χ0v) is 15.0. The summed E-state index contributed by atoms with van der Waals surface area (Å²) in [6.45, 7) is 2.12. The summed E-state index contributed by atoms with van der Waals surface area (Å²) in [5.41, 5.74) is -2.59. The topological polar surface area (TPSA) is 59.8 Å². The van der Waals surface area contributed by atoms with Gasteiger partial charge in [-0.3, -0.25) is 9.48 Å². The summed E-state index contributed by atoms with van der Waals surface area (Å²) in [5, 5.41) is 6.14. The Labute approximate surface area is 157 Å². The van der Waals surface area contributed by atoms with Crippen LogP contribution in [0.5, 0.6) is 0 Å². The maximum absolute atomic E-state index is 13.4. The van der Waals surface area contributed by atoms with E-state index in [2.05, 4.69) is 22.3 Å². The van der Waals surface area contributed by atoms with E-state index in [1.807, 2.05) is 0 Å². The predicted octanol–water partition coefficient (Wildman–Crippen LogP) is 5.24. The summed E-state index contributed by atoms with van der Waals surface area (Å²) in [6, 6.07) is 2.79. The molecule has 0 bridgehead atoms. The Morgan fingerprint density at radius 2 is 1.89 bits per heavy atom. The Morgan fingerprint density at radius 1 is 1.21 bits per heavy atom. The second-order valence-electron chi connectivity index (χ2n) is 6.98. The van der Waals surface area contributed by atoms with Crippen LogP contribution in [0.15, 0.2) is 24.4 Å². The third-order valence-corrected chi connectivity index (χ3v) is 4.85. The van der Waals surface area contributed by atoms with Crippen LogP contribution in [0.1, 0.15) is 67.0 Å². The molecular weight excluding hydrogens is 383 g/mol. The highest BCUT2D eigenvalue weighted by Gasteiger charge is 2.33. The summed E-state index contributed by atoms with van der Waals surface area (Å²) >= 11 is 0. The van der Waals surface area contributed by atoms with Crippen LogP contribution >= 0.6 is 0 Å². The molecule has 1 aliphatic rings. The predicted molar refractivity (Wildman–Crippen MR) is 91.0 cm³/mol. The van der Waals surface area contributed by atoms with Gasteiger partial charge in [0.25, 0.3) is 12.3 Å². The molecule has 0 spiro atoms. The van der Waals surface area contributed by atoms with E-state index in [0.29, 0.717) is 5.92 Å². The molecular formula is C18H19F5N4O. The molecule has 2 aromatic rings. The lowest BCUT2D eigenvalue weighted by molar-refractivity contribution is -0.141. The molecule has 1 aliphatic carbocycles. The number of pyridine rings is 1. The molecule has 1 amide bonds. The van der Waals surface area contributed by atoms with E-state index >= 15 is 0 Å².